The quantitative estimate of drug-likeness (QED) is 0.454. The van der Waals surface area contributed by atoms with Crippen molar-refractivity contribution < 1.29 is 18.1 Å². The van der Waals surface area contributed by atoms with Crippen molar-refractivity contribution >= 4 is 21.6 Å². The number of hydrogen-bond donors (Lipinski definition) is 1. The molecule has 120 valence electrons. The van der Waals surface area contributed by atoms with Crippen LogP contribution in [-0.4, -0.2) is 43.8 Å². The zero-order valence-corrected chi connectivity index (χ0v) is 12.7. The number of nitrogens with one attached hydrogen (secondary N) is 1. The fourth-order valence-electron chi connectivity index (χ4n) is 2.25. The number of sulfonamides is 1. The van der Waals surface area contributed by atoms with Crippen LogP contribution in [0, 0.1) is 10.1 Å². The predicted octanol–water partition coefficient (Wildman–Crippen LogP) is 0.886. The van der Waals surface area contributed by atoms with Crippen molar-refractivity contribution in [2.75, 3.05) is 19.6 Å². The molecule has 8 nitrogen and oxygen atoms in total. The standard InChI is InChI=1S/C13H17N3O5S/c17-13-3-1-9-15(13)10-2-8-14-22(20,21)12-6-4-11(5-7-12)16(18)19/h4-7,14H,1-3,8-10H2. The summed E-state index contributed by atoms with van der Waals surface area (Å²) in [5.41, 5.74) is -0.161. The van der Waals surface area contributed by atoms with Gasteiger partial charge in [0.15, 0.2) is 0 Å². The average molecular weight is 327 g/mol. The Morgan fingerprint density at radius 2 is 1.95 bits per heavy atom. The fourth-order valence-corrected chi connectivity index (χ4v) is 3.32. The molecule has 1 aromatic carbocycles. The maximum absolute atomic E-state index is 12.0. The van der Waals surface area contributed by atoms with E-state index in [1.54, 1.807) is 4.90 Å². The molecular formula is C13H17N3O5S. The summed E-state index contributed by atoms with van der Waals surface area (Å²) in [7, 11) is -3.69. The Morgan fingerprint density at radius 1 is 1.27 bits per heavy atom. The van der Waals surface area contributed by atoms with Crippen molar-refractivity contribution in [1.29, 1.82) is 0 Å². The van der Waals surface area contributed by atoms with Crippen LogP contribution in [-0.2, 0) is 14.8 Å². The summed E-state index contributed by atoms with van der Waals surface area (Å²) in [6, 6.07) is 4.70. The minimum absolute atomic E-state index is 0.0182. The van der Waals surface area contributed by atoms with E-state index in [9.17, 15) is 23.3 Å². The second kappa shape index (κ2) is 6.84. The Morgan fingerprint density at radius 3 is 2.50 bits per heavy atom. The number of rotatable bonds is 7. The molecule has 0 aromatic heterocycles. The van der Waals surface area contributed by atoms with Gasteiger partial charge in [-0.1, -0.05) is 0 Å². The predicted molar refractivity (Wildman–Crippen MR) is 78.7 cm³/mol. The number of amides is 1. The van der Waals surface area contributed by atoms with Crippen LogP contribution >= 0.6 is 0 Å². The van der Waals surface area contributed by atoms with Gasteiger partial charge in [0.2, 0.25) is 15.9 Å². The van der Waals surface area contributed by atoms with E-state index in [4.69, 9.17) is 0 Å². The first kappa shape index (κ1) is 16.4. The number of nitrogens with zero attached hydrogens (tertiary/aromatic N) is 2. The van der Waals surface area contributed by atoms with Gasteiger partial charge in [0.05, 0.1) is 9.82 Å². The molecule has 0 bridgehead atoms. The number of likely N-dealkylation sites (tertiary alicyclic amines) is 1. The van der Waals surface area contributed by atoms with Crippen LogP contribution in [0.3, 0.4) is 0 Å². The summed E-state index contributed by atoms with van der Waals surface area (Å²) < 4.78 is 26.5. The van der Waals surface area contributed by atoms with Gasteiger partial charge < -0.3 is 4.90 Å². The number of nitro groups is 1. The Balaban J connectivity index is 1.85. The molecular weight excluding hydrogens is 310 g/mol. The van der Waals surface area contributed by atoms with Crippen LogP contribution in [0.5, 0.6) is 0 Å². The summed E-state index contributed by atoms with van der Waals surface area (Å²) in [6.45, 7) is 1.47. The van der Waals surface area contributed by atoms with Crippen LogP contribution < -0.4 is 4.72 Å². The van der Waals surface area contributed by atoms with Gasteiger partial charge in [-0.25, -0.2) is 13.1 Å². The van der Waals surface area contributed by atoms with Gasteiger partial charge in [-0.3, -0.25) is 14.9 Å². The van der Waals surface area contributed by atoms with Crippen molar-refractivity contribution in [1.82, 2.24) is 9.62 Å². The van der Waals surface area contributed by atoms with E-state index in [0.29, 0.717) is 19.4 Å². The van der Waals surface area contributed by atoms with Crippen molar-refractivity contribution in [3.8, 4) is 0 Å². The highest BCUT2D eigenvalue weighted by atomic mass is 32.2. The van der Waals surface area contributed by atoms with E-state index < -0.39 is 14.9 Å². The molecule has 1 heterocycles. The Labute approximate surface area is 128 Å². The molecule has 1 amide bonds. The highest BCUT2D eigenvalue weighted by Crippen LogP contribution is 2.15. The van der Waals surface area contributed by atoms with Gasteiger partial charge in [-0.15, -0.1) is 0 Å². The van der Waals surface area contributed by atoms with Crippen molar-refractivity contribution in [3.05, 3.63) is 34.4 Å². The molecule has 2 rings (SSSR count). The monoisotopic (exact) mass is 327 g/mol. The van der Waals surface area contributed by atoms with Crippen molar-refractivity contribution in [2.24, 2.45) is 0 Å². The third kappa shape index (κ3) is 4.01. The largest absolute Gasteiger partial charge is 0.343 e. The lowest BCUT2D eigenvalue weighted by Crippen LogP contribution is -2.30. The fraction of sp³-hybridized carbons (Fsp3) is 0.462. The van der Waals surface area contributed by atoms with Crippen LogP contribution in [0.25, 0.3) is 0 Å². The van der Waals surface area contributed by atoms with E-state index in [1.807, 2.05) is 0 Å². The summed E-state index contributed by atoms with van der Waals surface area (Å²) >= 11 is 0. The minimum atomic E-state index is -3.69. The van der Waals surface area contributed by atoms with Crippen LogP contribution in [0.1, 0.15) is 19.3 Å². The van der Waals surface area contributed by atoms with Gasteiger partial charge in [0.1, 0.15) is 0 Å². The number of benzene rings is 1. The van der Waals surface area contributed by atoms with E-state index >= 15 is 0 Å². The Bertz CT molecular complexity index is 657. The van der Waals surface area contributed by atoms with Crippen LogP contribution in [0.2, 0.25) is 0 Å². The SMILES string of the molecule is O=C1CCCN1CCCNS(=O)(=O)c1ccc([N+](=O)[O-])cc1. The van der Waals surface area contributed by atoms with Gasteiger partial charge in [0.25, 0.3) is 5.69 Å². The molecule has 0 atom stereocenters. The second-order valence-electron chi connectivity index (χ2n) is 4.99. The van der Waals surface area contributed by atoms with Gasteiger partial charge >= 0.3 is 0 Å². The topological polar surface area (TPSA) is 110 Å². The first-order chi connectivity index (χ1) is 10.4. The molecule has 1 aliphatic heterocycles. The maximum atomic E-state index is 12.0. The van der Waals surface area contributed by atoms with Gasteiger partial charge in [-0.05, 0) is 25.0 Å². The Hall–Kier alpha value is -2.00. The number of non-ortho nitro benzene ring substituents is 1. The second-order valence-corrected chi connectivity index (χ2v) is 6.75. The van der Waals surface area contributed by atoms with Crippen LogP contribution in [0.4, 0.5) is 5.69 Å². The highest BCUT2D eigenvalue weighted by Gasteiger charge is 2.20. The zero-order chi connectivity index (χ0) is 16.2. The summed E-state index contributed by atoms with van der Waals surface area (Å²) in [6.07, 6.45) is 1.94. The summed E-state index contributed by atoms with van der Waals surface area (Å²) in [5, 5.41) is 10.5. The third-order valence-electron chi connectivity index (χ3n) is 3.43. The molecule has 0 unspecified atom stereocenters. The molecule has 22 heavy (non-hydrogen) atoms. The number of carbonyl (C=O) groups is 1. The molecule has 1 saturated heterocycles. The minimum Gasteiger partial charge on any atom is -0.343 e. The van der Waals surface area contributed by atoms with Gasteiger partial charge in [-0.2, -0.15) is 0 Å². The van der Waals surface area contributed by atoms with Crippen molar-refractivity contribution in [2.45, 2.75) is 24.2 Å². The zero-order valence-electron chi connectivity index (χ0n) is 11.9. The number of nitro benzene ring substituents is 1. The smallest absolute Gasteiger partial charge is 0.269 e. The lowest BCUT2D eigenvalue weighted by Gasteiger charge is -2.15. The molecule has 0 saturated carbocycles. The van der Waals surface area contributed by atoms with Gasteiger partial charge in [0, 0.05) is 38.2 Å². The lowest BCUT2D eigenvalue weighted by molar-refractivity contribution is -0.384. The maximum Gasteiger partial charge on any atom is 0.269 e. The third-order valence-corrected chi connectivity index (χ3v) is 4.90. The van der Waals surface area contributed by atoms with E-state index in [2.05, 4.69) is 4.72 Å². The average Bonchev–Trinajstić information content (AvgIpc) is 2.89. The van der Waals surface area contributed by atoms with E-state index in [-0.39, 0.29) is 23.0 Å². The molecule has 9 heteroatoms. The number of carbonyl (C=O) groups excluding carboxylic acids is 1. The summed E-state index contributed by atoms with van der Waals surface area (Å²) in [4.78, 5) is 23.1. The lowest BCUT2D eigenvalue weighted by atomic mass is 10.3. The highest BCUT2D eigenvalue weighted by molar-refractivity contribution is 7.89. The molecule has 1 N–H and O–H groups in total. The molecule has 1 fully saturated rings. The number of hydrogen-bond acceptors (Lipinski definition) is 5. The van der Waals surface area contributed by atoms with E-state index in [1.165, 1.54) is 12.1 Å². The van der Waals surface area contributed by atoms with Crippen LogP contribution in [0.15, 0.2) is 29.2 Å². The van der Waals surface area contributed by atoms with E-state index in [0.717, 1.165) is 25.1 Å². The summed E-state index contributed by atoms with van der Waals surface area (Å²) in [5.74, 6) is 0.109. The molecule has 0 spiro atoms. The normalized spacial score (nSPS) is 15.3. The molecule has 1 aliphatic rings. The molecule has 0 aliphatic carbocycles. The molecule has 0 radical (unpaired) electrons. The first-order valence-electron chi connectivity index (χ1n) is 6.92. The Kier molecular flexibility index (Phi) is 5.09. The van der Waals surface area contributed by atoms with Crippen molar-refractivity contribution in [3.63, 3.8) is 0 Å². The first-order valence-corrected chi connectivity index (χ1v) is 8.40. The molecule has 1 aromatic rings.